The molecular weight excluding hydrogens is 422 g/mol. The molecule has 7 nitrogen and oxygen atoms in total. The van der Waals surface area contributed by atoms with Crippen LogP contribution in [0.5, 0.6) is 0 Å². The van der Waals surface area contributed by atoms with Gasteiger partial charge in [-0.25, -0.2) is 0 Å². The Bertz CT molecular complexity index is 1130. The molecule has 0 fully saturated rings. The van der Waals surface area contributed by atoms with Crippen LogP contribution in [0, 0.1) is 0 Å². The standard InChI is InChI=1S/C24H25N5O2S/c1-3-28(4-2)23(30)21(18-10-6-5-7-11-18)32-24-27-26-22(19-12-8-14-25-16-19)29(24)17-20-13-9-15-31-20/h5-16,21H,3-4,17H2,1-2H3. The largest absolute Gasteiger partial charge is 0.467 e. The summed E-state index contributed by atoms with van der Waals surface area (Å²) >= 11 is 1.41. The van der Waals surface area contributed by atoms with Gasteiger partial charge in [0.1, 0.15) is 11.0 Å². The summed E-state index contributed by atoms with van der Waals surface area (Å²) in [4.78, 5) is 19.5. The third kappa shape index (κ3) is 4.75. The molecule has 0 aliphatic heterocycles. The van der Waals surface area contributed by atoms with Gasteiger partial charge in [-0.2, -0.15) is 0 Å². The third-order valence-electron chi connectivity index (χ3n) is 5.16. The topological polar surface area (TPSA) is 77.1 Å². The average Bonchev–Trinajstić information content (AvgIpc) is 3.50. The van der Waals surface area contributed by atoms with Crippen molar-refractivity contribution < 1.29 is 9.21 Å². The zero-order valence-electron chi connectivity index (χ0n) is 18.1. The molecule has 32 heavy (non-hydrogen) atoms. The highest BCUT2D eigenvalue weighted by atomic mass is 32.2. The Balaban J connectivity index is 1.75. The van der Waals surface area contributed by atoms with Crippen LogP contribution in [-0.2, 0) is 11.3 Å². The number of likely N-dealkylation sites (N-methyl/N-ethyl adjacent to an activating group) is 1. The summed E-state index contributed by atoms with van der Waals surface area (Å²) in [6.45, 7) is 5.74. The van der Waals surface area contributed by atoms with E-state index in [-0.39, 0.29) is 5.91 Å². The summed E-state index contributed by atoms with van der Waals surface area (Å²) in [7, 11) is 0. The maximum atomic E-state index is 13.4. The van der Waals surface area contributed by atoms with E-state index < -0.39 is 5.25 Å². The molecule has 4 aromatic rings. The Morgan fingerprint density at radius 2 is 1.88 bits per heavy atom. The van der Waals surface area contributed by atoms with E-state index in [0.717, 1.165) is 16.9 Å². The molecule has 164 valence electrons. The van der Waals surface area contributed by atoms with Gasteiger partial charge in [0.05, 0.1) is 12.8 Å². The molecule has 0 saturated carbocycles. The van der Waals surface area contributed by atoms with Crippen LogP contribution < -0.4 is 0 Å². The summed E-state index contributed by atoms with van der Waals surface area (Å²) < 4.78 is 7.56. The van der Waals surface area contributed by atoms with Crippen molar-refractivity contribution in [3.8, 4) is 11.4 Å². The number of hydrogen-bond acceptors (Lipinski definition) is 6. The van der Waals surface area contributed by atoms with Crippen molar-refractivity contribution in [1.82, 2.24) is 24.6 Å². The molecule has 1 atom stereocenters. The van der Waals surface area contributed by atoms with Gasteiger partial charge in [0, 0.05) is 31.0 Å². The van der Waals surface area contributed by atoms with Gasteiger partial charge in [-0.15, -0.1) is 10.2 Å². The summed E-state index contributed by atoms with van der Waals surface area (Å²) in [5, 5.41) is 9.13. The molecule has 3 aromatic heterocycles. The molecule has 0 bridgehead atoms. The van der Waals surface area contributed by atoms with Crippen molar-refractivity contribution in [3.05, 3.63) is 84.6 Å². The molecule has 0 radical (unpaired) electrons. The second-order valence-electron chi connectivity index (χ2n) is 7.13. The maximum Gasteiger partial charge on any atom is 0.240 e. The Labute approximate surface area is 191 Å². The lowest BCUT2D eigenvalue weighted by atomic mass is 10.1. The van der Waals surface area contributed by atoms with Crippen LogP contribution in [0.4, 0.5) is 0 Å². The van der Waals surface area contributed by atoms with Crippen molar-refractivity contribution >= 4 is 17.7 Å². The number of nitrogens with zero attached hydrogens (tertiary/aromatic N) is 5. The number of hydrogen-bond donors (Lipinski definition) is 0. The van der Waals surface area contributed by atoms with Crippen LogP contribution in [0.25, 0.3) is 11.4 Å². The lowest BCUT2D eigenvalue weighted by molar-refractivity contribution is -0.130. The van der Waals surface area contributed by atoms with Gasteiger partial charge in [-0.3, -0.25) is 14.3 Å². The molecular formula is C24H25N5O2S. The lowest BCUT2D eigenvalue weighted by Gasteiger charge is -2.25. The highest BCUT2D eigenvalue weighted by Crippen LogP contribution is 2.37. The van der Waals surface area contributed by atoms with Gasteiger partial charge in [0.15, 0.2) is 11.0 Å². The van der Waals surface area contributed by atoms with Crippen LogP contribution in [0.2, 0.25) is 0 Å². The minimum absolute atomic E-state index is 0.0571. The van der Waals surface area contributed by atoms with E-state index >= 15 is 0 Å². The van der Waals surface area contributed by atoms with Crippen molar-refractivity contribution in [1.29, 1.82) is 0 Å². The number of thioether (sulfide) groups is 1. The van der Waals surface area contributed by atoms with Crippen LogP contribution >= 0.6 is 11.8 Å². The van der Waals surface area contributed by atoms with Crippen molar-refractivity contribution in [3.63, 3.8) is 0 Å². The Kier molecular flexibility index (Phi) is 7.01. The number of benzene rings is 1. The number of rotatable bonds is 9. The fourth-order valence-corrected chi connectivity index (χ4v) is 4.60. The second-order valence-corrected chi connectivity index (χ2v) is 8.20. The molecule has 0 N–H and O–H groups in total. The van der Waals surface area contributed by atoms with Crippen molar-refractivity contribution in [2.45, 2.75) is 30.8 Å². The fourth-order valence-electron chi connectivity index (χ4n) is 3.48. The van der Waals surface area contributed by atoms with Gasteiger partial charge in [0.25, 0.3) is 0 Å². The van der Waals surface area contributed by atoms with Crippen LogP contribution in [0.3, 0.4) is 0 Å². The summed E-state index contributed by atoms with van der Waals surface area (Å²) in [6.07, 6.45) is 5.13. The summed E-state index contributed by atoms with van der Waals surface area (Å²) in [5.74, 6) is 1.52. The number of carbonyl (C=O) groups excluding carboxylic acids is 1. The predicted molar refractivity (Wildman–Crippen MR) is 124 cm³/mol. The van der Waals surface area contributed by atoms with Crippen molar-refractivity contribution in [2.24, 2.45) is 0 Å². The summed E-state index contributed by atoms with van der Waals surface area (Å²) in [6, 6.07) is 17.4. The first-order valence-electron chi connectivity index (χ1n) is 10.6. The maximum absolute atomic E-state index is 13.4. The van der Waals surface area contributed by atoms with Crippen LogP contribution in [-0.4, -0.2) is 43.6 Å². The smallest absolute Gasteiger partial charge is 0.240 e. The molecule has 4 rings (SSSR count). The average molecular weight is 448 g/mol. The number of amides is 1. The first-order chi connectivity index (χ1) is 15.7. The molecule has 0 aliphatic rings. The SMILES string of the molecule is CCN(CC)C(=O)C(Sc1nnc(-c2cccnc2)n1Cc1ccco1)c1ccccc1. The normalized spacial score (nSPS) is 11.9. The molecule has 1 amide bonds. The Morgan fingerprint density at radius 3 is 2.53 bits per heavy atom. The highest BCUT2D eigenvalue weighted by Gasteiger charge is 2.29. The molecule has 3 heterocycles. The third-order valence-corrected chi connectivity index (χ3v) is 6.38. The van der Waals surface area contributed by atoms with Gasteiger partial charge >= 0.3 is 0 Å². The number of pyridine rings is 1. The second kappa shape index (κ2) is 10.3. The molecule has 0 spiro atoms. The minimum atomic E-state index is -0.433. The van der Waals surface area contributed by atoms with E-state index in [1.165, 1.54) is 11.8 Å². The molecule has 1 aromatic carbocycles. The monoisotopic (exact) mass is 447 g/mol. The van der Waals surface area contributed by atoms with Gasteiger partial charge in [-0.1, -0.05) is 42.1 Å². The van der Waals surface area contributed by atoms with E-state index in [1.807, 2.05) is 77.9 Å². The number of furan rings is 1. The first kappa shape index (κ1) is 21.8. The van der Waals surface area contributed by atoms with E-state index in [2.05, 4.69) is 15.2 Å². The van der Waals surface area contributed by atoms with E-state index in [9.17, 15) is 4.79 Å². The molecule has 0 saturated heterocycles. The quantitative estimate of drug-likeness (QED) is 0.347. The van der Waals surface area contributed by atoms with E-state index in [0.29, 0.717) is 30.6 Å². The van der Waals surface area contributed by atoms with Crippen LogP contribution in [0.15, 0.2) is 82.8 Å². The molecule has 8 heteroatoms. The van der Waals surface area contributed by atoms with Gasteiger partial charge < -0.3 is 9.32 Å². The van der Waals surface area contributed by atoms with E-state index in [4.69, 9.17) is 4.42 Å². The first-order valence-corrected chi connectivity index (χ1v) is 11.5. The predicted octanol–water partition coefficient (Wildman–Crippen LogP) is 4.68. The number of carbonyl (C=O) groups is 1. The van der Waals surface area contributed by atoms with Crippen LogP contribution in [0.1, 0.15) is 30.4 Å². The fraction of sp³-hybridized carbons (Fsp3) is 0.250. The highest BCUT2D eigenvalue weighted by molar-refractivity contribution is 8.00. The summed E-state index contributed by atoms with van der Waals surface area (Å²) in [5.41, 5.74) is 1.79. The van der Waals surface area contributed by atoms with E-state index in [1.54, 1.807) is 18.7 Å². The lowest BCUT2D eigenvalue weighted by Crippen LogP contribution is -2.34. The van der Waals surface area contributed by atoms with Gasteiger partial charge in [0.2, 0.25) is 5.91 Å². The van der Waals surface area contributed by atoms with Crippen molar-refractivity contribution in [2.75, 3.05) is 13.1 Å². The Hall–Kier alpha value is -3.39. The molecule has 0 aliphatic carbocycles. The zero-order chi connectivity index (χ0) is 22.3. The van der Waals surface area contributed by atoms with Gasteiger partial charge in [-0.05, 0) is 43.7 Å². The minimum Gasteiger partial charge on any atom is -0.467 e. The molecule has 1 unspecified atom stereocenters. The Morgan fingerprint density at radius 1 is 1.06 bits per heavy atom. The zero-order valence-corrected chi connectivity index (χ0v) is 18.9. The number of aromatic nitrogens is 4.